The lowest BCUT2D eigenvalue weighted by molar-refractivity contribution is -0.155. The van der Waals surface area contributed by atoms with E-state index >= 15 is 0 Å². The molecule has 0 heterocycles. The molecule has 0 saturated carbocycles. The zero-order valence-electron chi connectivity index (χ0n) is 13.1. The summed E-state index contributed by atoms with van der Waals surface area (Å²) in [4.78, 5) is 11.6. The number of esters is 1. The van der Waals surface area contributed by atoms with Crippen molar-refractivity contribution in [3.05, 3.63) is 0 Å². The highest BCUT2D eigenvalue weighted by Gasteiger charge is 2.26. The third kappa shape index (κ3) is 10.1. The van der Waals surface area contributed by atoms with Crippen molar-refractivity contribution in [2.45, 2.75) is 77.8 Å². The first kappa shape index (κ1) is 18.6. The molecule has 0 fully saturated rings. The Labute approximate surface area is 118 Å². The molecule has 5 heteroatoms. The molecule has 0 rings (SSSR count). The van der Waals surface area contributed by atoms with E-state index in [1.165, 1.54) is 0 Å². The summed E-state index contributed by atoms with van der Waals surface area (Å²) >= 11 is 0. The van der Waals surface area contributed by atoms with Gasteiger partial charge in [0.05, 0.1) is 6.61 Å². The van der Waals surface area contributed by atoms with Crippen molar-refractivity contribution >= 4 is 14.3 Å². The molecule has 19 heavy (non-hydrogen) atoms. The van der Waals surface area contributed by atoms with Crippen LogP contribution in [0.2, 0.25) is 19.6 Å². The number of rotatable bonds is 10. The SMILES string of the molecule is CCCCOC(=O)C(O)CC(CCC)O[Si](C)(C)C. The van der Waals surface area contributed by atoms with Crippen LogP contribution in [0.15, 0.2) is 0 Å². The predicted octanol–water partition coefficient (Wildman–Crippen LogP) is 3.10. The maximum absolute atomic E-state index is 11.6. The summed E-state index contributed by atoms with van der Waals surface area (Å²) in [5, 5.41) is 9.87. The van der Waals surface area contributed by atoms with E-state index in [0.717, 1.165) is 25.7 Å². The number of hydrogen-bond donors (Lipinski definition) is 1. The monoisotopic (exact) mass is 290 g/mol. The normalized spacial score (nSPS) is 15.1. The molecule has 2 atom stereocenters. The van der Waals surface area contributed by atoms with E-state index in [2.05, 4.69) is 26.6 Å². The van der Waals surface area contributed by atoms with Crippen LogP contribution in [0.25, 0.3) is 0 Å². The van der Waals surface area contributed by atoms with E-state index in [9.17, 15) is 9.90 Å². The van der Waals surface area contributed by atoms with Crippen LogP contribution < -0.4 is 0 Å². The number of hydrogen-bond acceptors (Lipinski definition) is 4. The molecule has 1 N–H and O–H groups in total. The molecule has 0 amide bonds. The van der Waals surface area contributed by atoms with Crippen LogP contribution >= 0.6 is 0 Å². The lowest BCUT2D eigenvalue weighted by Gasteiger charge is -2.27. The first-order valence-electron chi connectivity index (χ1n) is 7.32. The van der Waals surface area contributed by atoms with Crippen molar-refractivity contribution in [3.63, 3.8) is 0 Å². The van der Waals surface area contributed by atoms with Crippen LogP contribution in [0.5, 0.6) is 0 Å². The predicted molar refractivity (Wildman–Crippen MR) is 79.6 cm³/mol. The van der Waals surface area contributed by atoms with Gasteiger partial charge < -0.3 is 14.3 Å². The molecule has 0 aromatic rings. The molecule has 4 nitrogen and oxygen atoms in total. The van der Waals surface area contributed by atoms with Crippen molar-refractivity contribution < 1.29 is 19.1 Å². The second-order valence-electron chi connectivity index (χ2n) is 5.91. The fourth-order valence-corrected chi connectivity index (χ4v) is 3.02. The molecule has 0 aromatic heterocycles. The molecular formula is C14H30O4Si. The zero-order chi connectivity index (χ0) is 14.9. The van der Waals surface area contributed by atoms with Crippen LogP contribution in [0.3, 0.4) is 0 Å². The molecule has 0 aromatic carbocycles. The summed E-state index contributed by atoms with van der Waals surface area (Å²) in [6, 6.07) is 0. The van der Waals surface area contributed by atoms with Crippen molar-refractivity contribution in [1.82, 2.24) is 0 Å². The van der Waals surface area contributed by atoms with Gasteiger partial charge in [-0.25, -0.2) is 4.79 Å². The topological polar surface area (TPSA) is 55.8 Å². The number of aliphatic hydroxyl groups is 1. The number of ether oxygens (including phenoxy) is 1. The van der Waals surface area contributed by atoms with Crippen LogP contribution in [0.4, 0.5) is 0 Å². The van der Waals surface area contributed by atoms with Crippen molar-refractivity contribution in [2.75, 3.05) is 6.61 Å². The van der Waals surface area contributed by atoms with Gasteiger partial charge in [0, 0.05) is 12.5 Å². The van der Waals surface area contributed by atoms with E-state index in [4.69, 9.17) is 9.16 Å². The zero-order valence-corrected chi connectivity index (χ0v) is 14.1. The minimum Gasteiger partial charge on any atom is -0.464 e. The van der Waals surface area contributed by atoms with Gasteiger partial charge in [0.1, 0.15) is 0 Å². The Morgan fingerprint density at radius 3 is 2.32 bits per heavy atom. The summed E-state index contributed by atoms with van der Waals surface area (Å²) in [5.74, 6) is -0.520. The molecule has 0 radical (unpaired) electrons. The molecule has 0 saturated heterocycles. The summed E-state index contributed by atoms with van der Waals surface area (Å²) in [5.41, 5.74) is 0. The minimum absolute atomic E-state index is 0.0506. The Morgan fingerprint density at radius 2 is 1.84 bits per heavy atom. The third-order valence-electron chi connectivity index (χ3n) is 2.63. The van der Waals surface area contributed by atoms with Crippen molar-refractivity contribution in [3.8, 4) is 0 Å². The summed E-state index contributed by atoms with van der Waals surface area (Å²) in [7, 11) is -1.65. The highest BCUT2D eigenvalue weighted by Crippen LogP contribution is 2.17. The molecule has 2 unspecified atom stereocenters. The maximum atomic E-state index is 11.6. The summed E-state index contributed by atoms with van der Waals surface area (Å²) in [6.07, 6.45) is 2.87. The van der Waals surface area contributed by atoms with Crippen LogP contribution in [0, 0.1) is 0 Å². The largest absolute Gasteiger partial charge is 0.464 e. The fourth-order valence-electron chi connectivity index (χ4n) is 1.81. The molecule has 114 valence electrons. The first-order chi connectivity index (χ1) is 8.80. The molecule has 0 aliphatic heterocycles. The highest BCUT2D eigenvalue weighted by atomic mass is 28.4. The number of unbranched alkanes of at least 4 members (excludes halogenated alkanes) is 1. The number of carbonyl (C=O) groups is 1. The van der Waals surface area contributed by atoms with Gasteiger partial charge in [-0.1, -0.05) is 26.7 Å². The average molecular weight is 290 g/mol. The van der Waals surface area contributed by atoms with Crippen molar-refractivity contribution in [2.24, 2.45) is 0 Å². The standard InChI is InChI=1S/C14H30O4Si/c1-6-8-10-17-14(16)13(15)11-12(9-7-2)18-19(3,4)5/h12-13,15H,6-11H2,1-5H3. The molecule has 0 bridgehead atoms. The third-order valence-corrected chi connectivity index (χ3v) is 3.67. The quantitative estimate of drug-likeness (QED) is 0.381. The Balaban J connectivity index is 4.21. The van der Waals surface area contributed by atoms with Gasteiger partial charge in [0.25, 0.3) is 0 Å². The Morgan fingerprint density at radius 1 is 1.21 bits per heavy atom. The maximum Gasteiger partial charge on any atom is 0.335 e. The van der Waals surface area contributed by atoms with Gasteiger partial charge >= 0.3 is 5.97 Å². The minimum atomic E-state index is -1.65. The summed E-state index contributed by atoms with van der Waals surface area (Å²) < 4.78 is 11.0. The van der Waals surface area contributed by atoms with Gasteiger partial charge in [0.15, 0.2) is 14.4 Å². The van der Waals surface area contributed by atoms with E-state index < -0.39 is 20.4 Å². The van der Waals surface area contributed by atoms with E-state index in [1.54, 1.807) is 0 Å². The lowest BCUT2D eigenvalue weighted by Crippen LogP contribution is -2.36. The molecular weight excluding hydrogens is 260 g/mol. The van der Waals surface area contributed by atoms with Crippen LogP contribution in [-0.4, -0.2) is 38.2 Å². The molecule has 0 aliphatic rings. The van der Waals surface area contributed by atoms with Gasteiger partial charge in [-0.15, -0.1) is 0 Å². The van der Waals surface area contributed by atoms with E-state index in [1.807, 2.05) is 6.92 Å². The Hall–Kier alpha value is -0.393. The second-order valence-corrected chi connectivity index (χ2v) is 10.4. The van der Waals surface area contributed by atoms with Gasteiger partial charge in [-0.05, 0) is 32.5 Å². The van der Waals surface area contributed by atoms with Gasteiger partial charge in [0.2, 0.25) is 0 Å². The van der Waals surface area contributed by atoms with Crippen LogP contribution in [-0.2, 0) is 14.0 Å². The van der Waals surface area contributed by atoms with E-state index in [-0.39, 0.29) is 6.10 Å². The smallest absolute Gasteiger partial charge is 0.335 e. The molecule has 0 spiro atoms. The van der Waals surface area contributed by atoms with Gasteiger partial charge in [-0.2, -0.15) is 0 Å². The lowest BCUT2D eigenvalue weighted by atomic mass is 10.1. The Bertz CT molecular complexity index is 250. The highest BCUT2D eigenvalue weighted by molar-refractivity contribution is 6.69. The number of aliphatic hydroxyl groups excluding tert-OH is 1. The first-order valence-corrected chi connectivity index (χ1v) is 10.7. The number of carbonyl (C=O) groups excluding carboxylic acids is 1. The average Bonchev–Trinajstić information content (AvgIpc) is 2.27. The fraction of sp³-hybridized carbons (Fsp3) is 0.929. The van der Waals surface area contributed by atoms with Crippen molar-refractivity contribution in [1.29, 1.82) is 0 Å². The Kier molecular flexibility index (Phi) is 9.30. The van der Waals surface area contributed by atoms with Crippen LogP contribution in [0.1, 0.15) is 46.0 Å². The second kappa shape index (κ2) is 9.50. The summed E-state index contributed by atoms with van der Waals surface area (Å²) in [6.45, 7) is 10.8. The molecule has 0 aliphatic carbocycles. The van der Waals surface area contributed by atoms with Gasteiger partial charge in [-0.3, -0.25) is 0 Å². The van der Waals surface area contributed by atoms with E-state index in [0.29, 0.717) is 13.0 Å².